The van der Waals surface area contributed by atoms with Gasteiger partial charge in [0.15, 0.2) is 5.78 Å². The summed E-state index contributed by atoms with van der Waals surface area (Å²) in [5.74, 6) is -0.236. The maximum atomic E-state index is 13.3. The summed E-state index contributed by atoms with van der Waals surface area (Å²) in [6, 6.07) is 12.8. The van der Waals surface area contributed by atoms with Crippen LogP contribution in [0.1, 0.15) is 47.3 Å². The van der Waals surface area contributed by atoms with Crippen LogP contribution in [0.4, 0.5) is 10.2 Å². The number of Topliss-reactive ketones (excluding diaryl/α,β-unsaturated/α-hetero) is 1. The van der Waals surface area contributed by atoms with Gasteiger partial charge in [0.1, 0.15) is 17.4 Å². The van der Waals surface area contributed by atoms with Gasteiger partial charge in [-0.05, 0) is 61.9 Å². The molecule has 1 aromatic heterocycles. The highest BCUT2D eigenvalue weighted by atomic mass is 19.1. The van der Waals surface area contributed by atoms with E-state index in [0.717, 1.165) is 6.42 Å². The molecule has 1 atom stereocenters. The molecule has 0 saturated carbocycles. The molecule has 1 aliphatic heterocycles. The number of carbonyl (C=O) groups excluding carboxylic acids is 2. The third-order valence-corrected chi connectivity index (χ3v) is 5.10. The van der Waals surface area contributed by atoms with Crippen LogP contribution in [0.15, 0.2) is 48.5 Å². The molecule has 0 unspecified atom stereocenters. The third-order valence-electron chi connectivity index (χ3n) is 5.10. The number of halogens is 1. The van der Waals surface area contributed by atoms with Crippen LogP contribution in [0.25, 0.3) is 5.69 Å². The van der Waals surface area contributed by atoms with Gasteiger partial charge >= 0.3 is 0 Å². The number of nitrogens with one attached hydrogen (secondary N) is 1. The average Bonchev–Trinajstić information content (AvgIpc) is 3.08. The molecule has 3 aromatic rings. The Labute approximate surface area is 173 Å². The SMILES string of the molecule is CCCOc1ccc(C(=O)[C@H]2CC(=O)Nc3c2c(C)nn3-c2ccc(F)cc2)cc1. The lowest BCUT2D eigenvalue weighted by atomic mass is 9.85. The molecule has 154 valence electrons. The highest BCUT2D eigenvalue weighted by molar-refractivity contribution is 6.08. The smallest absolute Gasteiger partial charge is 0.226 e. The molecule has 0 radical (unpaired) electrons. The monoisotopic (exact) mass is 407 g/mol. The van der Waals surface area contributed by atoms with Gasteiger partial charge in [-0.1, -0.05) is 6.92 Å². The van der Waals surface area contributed by atoms with E-state index >= 15 is 0 Å². The number of hydrogen-bond donors (Lipinski definition) is 1. The summed E-state index contributed by atoms with van der Waals surface area (Å²) in [6.45, 7) is 4.44. The molecule has 2 aromatic carbocycles. The molecule has 0 saturated heterocycles. The van der Waals surface area contributed by atoms with Crippen LogP contribution in [0, 0.1) is 12.7 Å². The first-order chi connectivity index (χ1) is 14.5. The Morgan fingerprint density at radius 2 is 1.90 bits per heavy atom. The Kier molecular flexibility index (Phi) is 5.35. The molecule has 1 aliphatic rings. The van der Waals surface area contributed by atoms with E-state index in [1.165, 1.54) is 12.1 Å². The molecule has 1 N–H and O–H groups in total. The van der Waals surface area contributed by atoms with Crippen molar-refractivity contribution in [2.75, 3.05) is 11.9 Å². The first kappa shape index (κ1) is 19.8. The van der Waals surface area contributed by atoms with Crippen LogP contribution < -0.4 is 10.1 Å². The van der Waals surface area contributed by atoms with Crippen LogP contribution in [0.5, 0.6) is 5.75 Å². The van der Waals surface area contributed by atoms with Crippen molar-refractivity contribution in [3.8, 4) is 11.4 Å². The van der Waals surface area contributed by atoms with Crippen molar-refractivity contribution in [1.82, 2.24) is 9.78 Å². The zero-order valence-electron chi connectivity index (χ0n) is 16.8. The fourth-order valence-corrected chi connectivity index (χ4v) is 3.68. The van der Waals surface area contributed by atoms with Gasteiger partial charge in [0.05, 0.1) is 23.9 Å². The molecule has 1 amide bonds. The van der Waals surface area contributed by atoms with Crippen molar-refractivity contribution < 1.29 is 18.7 Å². The highest BCUT2D eigenvalue weighted by Gasteiger charge is 2.36. The van der Waals surface area contributed by atoms with Crippen LogP contribution >= 0.6 is 0 Å². The van der Waals surface area contributed by atoms with E-state index in [2.05, 4.69) is 10.4 Å². The van der Waals surface area contributed by atoms with E-state index in [1.54, 1.807) is 48.0 Å². The lowest BCUT2D eigenvalue weighted by Gasteiger charge is -2.23. The summed E-state index contributed by atoms with van der Waals surface area (Å²) in [7, 11) is 0. The second-order valence-electron chi connectivity index (χ2n) is 7.28. The number of benzene rings is 2. The molecule has 0 fully saturated rings. The van der Waals surface area contributed by atoms with E-state index in [1.807, 2.05) is 6.92 Å². The summed E-state index contributed by atoms with van der Waals surface area (Å²) in [5, 5.41) is 7.33. The van der Waals surface area contributed by atoms with E-state index < -0.39 is 5.92 Å². The number of hydrogen-bond acceptors (Lipinski definition) is 4. The topological polar surface area (TPSA) is 73.2 Å². The van der Waals surface area contributed by atoms with Crippen molar-refractivity contribution in [3.05, 3.63) is 71.2 Å². The molecule has 30 heavy (non-hydrogen) atoms. The van der Waals surface area contributed by atoms with E-state index in [4.69, 9.17) is 4.74 Å². The summed E-state index contributed by atoms with van der Waals surface area (Å²) in [5.41, 5.74) is 2.45. The van der Waals surface area contributed by atoms with Crippen molar-refractivity contribution in [1.29, 1.82) is 0 Å². The molecule has 0 spiro atoms. The van der Waals surface area contributed by atoms with E-state index in [9.17, 15) is 14.0 Å². The first-order valence-corrected chi connectivity index (χ1v) is 9.90. The molecule has 0 bridgehead atoms. The molecule has 2 heterocycles. The van der Waals surface area contributed by atoms with Gasteiger partial charge in [0, 0.05) is 17.5 Å². The normalized spacial score (nSPS) is 15.4. The number of fused-ring (bicyclic) bond motifs is 1. The number of amides is 1. The number of aromatic nitrogens is 2. The number of nitrogens with zero attached hydrogens (tertiary/aromatic N) is 2. The number of carbonyl (C=O) groups is 2. The number of ketones is 1. The Hall–Kier alpha value is -3.48. The van der Waals surface area contributed by atoms with Gasteiger partial charge < -0.3 is 10.1 Å². The largest absolute Gasteiger partial charge is 0.494 e. The van der Waals surface area contributed by atoms with Gasteiger partial charge in [-0.25, -0.2) is 9.07 Å². The fourth-order valence-electron chi connectivity index (χ4n) is 3.68. The second kappa shape index (κ2) is 8.10. The maximum Gasteiger partial charge on any atom is 0.226 e. The third kappa shape index (κ3) is 3.70. The second-order valence-corrected chi connectivity index (χ2v) is 7.28. The lowest BCUT2D eigenvalue weighted by Crippen LogP contribution is -2.28. The molecule has 7 heteroatoms. The maximum absolute atomic E-state index is 13.3. The minimum atomic E-state index is -0.634. The number of anilines is 1. The standard InChI is InChI=1S/C23H22FN3O3/c1-3-12-30-18-10-4-15(5-11-18)22(29)19-13-20(28)25-23-21(19)14(2)26-27(23)17-8-6-16(24)7-9-17/h4-11,19H,3,12-13H2,1-2H3,(H,25,28)/t19-/m0/s1. The van der Waals surface area contributed by atoms with Gasteiger partial charge in [-0.3, -0.25) is 9.59 Å². The zero-order valence-corrected chi connectivity index (χ0v) is 16.8. The van der Waals surface area contributed by atoms with Crippen molar-refractivity contribution in [2.24, 2.45) is 0 Å². The summed E-state index contributed by atoms with van der Waals surface area (Å²) < 4.78 is 20.4. The number of rotatable bonds is 6. The van der Waals surface area contributed by atoms with Crippen LogP contribution in [0.3, 0.4) is 0 Å². The fraction of sp³-hybridized carbons (Fsp3) is 0.261. The van der Waals surface area contributed by atoms with Gasteiger partial charge in [0.2, 0.25) is 5.91 Å². The average molecular weight is 407 g/mol. The predicted octanol–water partition coefficient (Wildman–Crippen LogP) is 4.42. The summed E-state index contributed by atoms with van der Waals surface area (Å²) >= 11 is 0. The van der Waals surface area contributed by atoms with Crippen molar-refractivity contribution in [3.63, 3.8) is 0 Å². The lowest BCUT2D eigenvalue weighted by molar-refractivity contribution is -0.116. The molecule has 4 rings (SSSR count). The highest BCUT2D eigenvalue weighted by Crippen LogP contribution is 2.38. The molecular formula is C23H22FN3O3. The van der Waals surface area contributed by atoms with Crippen molar-refractivity contribution >= 4 is 17.5 Å². The molecule has 6 nitrogen and oxygen atoms in total. The van der Waals surface area contributed by atoms with Gasteiger partial charge in [-0.2, -0.15) is 5.10 Å². The van der Waals surface area contributed by atoms with Crippen LogP contribution in [0.2, 0.25) is 0 Å². The van der Waals surface area contributed by atoms with Gasteiger partial charge in [-0.15, -0.1) is 0 Å². The summed E-state index contributed by atoms with van der Waals surface area (Å²) in [6.07, 6.45) is 0.952. The first-order valence-electron chi connectivity index (χ1n) is 9.90. The molecular weight excluding hydrogens is 385 g/mol. The number of aryl methyl sites for hydroxylation is 1. The van der Waals surface area contributed by atoms with Crippen molar-refractivity contribution in [2.45, 2.75) is 32.6 Å². The van der Waals surface area contributed by atoms with Crippen LogP contribution in [-0.4, -0.2) is 28.1 Å². The predicted molar refractivity (Wildman–Crippen MR) is 111 cm³/mol. The Morgan fingerprint density at radius 3 is 2.57 bits per heavy atom. The zero-order chi connectivity index (χ0) is 21.3. The quantitative estimate of drug-likeness (QED) is 0.614. The van der Waals surface area contributed by atoms with Gasteiger partial charge in [0.25, 0.3) is 0 Å². The van der Waals surface area contributed by atoms with Crippen LogP contribution in [-0.2, 0) is 4.79 Å². The van der Waals surface area contributed by atoms with E-state index in [-0.39, 0.29) is 23.9 Å². The molecule has 0 aliphatic carbocycles. The van der Waals surface area contributed by atoms with E-state index in [0.29, 0.717) is 40.7 Å². The summed E-state index contributed by atoms with van der Waals surface area (Å²) in [4.78, 5) is 25.7. The number of ether oxygens (including phenoxy) is 1. The Morgan fingerprint density at radius 1 is 1.20 bits per heavy atom. The Bertz CT molecular complexity index is 1090. The minimum Gasteiger partial charge on any atom is -0.494 e. The Balaban J connectivity index is 1.69. The minimum absolute atomic E-state index is 0.0515.